The molecular weight excluding hydrogens is 568 g/mol. The van der Waals surface area contributed by atoms with Crippen molar-refractivity contribution in [1.29, 1.82) is 0 Å². The number of aliphatic carboxylic acids is 4. The van der Waals surface area contributed by atoms with Gasteiger partial charge in [0.15, 0.2) is 0 Å². The van der Waals surface area contributed by atoms with Gasteiger partial charge in [0.05, 0.1) is 12.8 Å². The molecule has 0 rings (SSSR count). The van der Waals surface area contributed by atoms with Gasteiger partial charge in [-0.2, -0.15) is 11.8 Å². The minimum atomic E-state index is -0.840. The molecule has 8 nitrogen and oxygen atoms in total. The molecule has 0 aliphatic carbocycles. The molecule has 0 atom stereocenters. The monoisotopic (exact) mass is 634 g/mol. The average Bonchev–Trinajstić information content (AvgIpc) is 2.94. The highest BCUT2D eigenvalue weighted by atomic mass is 32.2. The van der Waals surface area contributed by atoms with E-state index in [1.165, 1.54) is 127 Å². The van der Waals surface area contributed by atoms with E-state index in [9.17, 15) is 19.2 Å². The molecule has 0 radical (unpaired) electrons. The van der Waals surface area contributed by atoms with Crippen molar-refractivity contribution in [2.24, 2.45) is 0 Å². The molecule has 0 saturated heterocycles. The number of thioether (sulfide) groups is 1. The van der Waals surface area contributed by atoms with Gasteiger partial charge in [-0.05, 0) is 12.8 Å². The number of hydrogen-bond donors (Lipinski definition) is 4. The highest BCUT2D eigenvalue weighted by molar-refractivity contribution is 7.99. The summed E-state index contributed by atoms with van der Waals surface area (Å²) in [4.78, 5) is 40.5. The summed E-state index contributed by atoms with van der Waals surface area (Å²) < 4.78 is 0. The van der Waals surface area contributed by atoms with Crippen molar-refractivity contribution in [3.63, 3.8) is 0 Å². The van der Waals surface area contributed by atoms with Crippen molar-refractivity contribution in [1.82, 2.24) is 0 Å². The van der Waals surface area contributed by atoms with E-state index in [0.717, 1.165) is 25.7 Å². The molecule has 9 heteroatoms. The minimum Gasteiger partial charge on any atom is -0.481 e. The number of carboxylic acids is 4. The maximum Gasteiger partial charge on any atom is 0.304 e. The zero-order chi connectivity index (χ0) is 32.8. The summed E-state index contributed by atoms with van der Waals surface area (Å²) in [7, 11) is 0. The number of carboxylic acid groups (broad SMARTS) is 4. The van der Waals surface area contributed by atoms with Gasteiger partial charge in [0, 0.05) is 24.3 Å². The Morgan fingerprint density at radius 1 is 0.349 bits per heavy atom. The second kappa shape index (κ2) is 40.2. The first-order valence-electron chi connectivity index (χ1n) is 17.1. The van der Waals surface area contributed by atoms with Gasteiger partial charge in [-0.1, -0.05) is 142 Å². The Morgan fingerprint density at radius 2 is 0.558 bits per heavy atom. The molecule has 0 fully saturated rings. The van der Waals surface area contributed by atoms with Gasteiger partial charge in [-0.3, -0.25) is 19.2 Å². The van der Waals surface area contributed by atoms with E-state index in [2.05, 4.69) is 13.8 Å². The molecule has 0 saturated carbocycles. The van der Waals surface area contributed by atoms with Crippen molar-refractivity contribution >= 4 is 35.6 Å². The first-order valence-corrected chi connectivity index (χ1v) is 18.3. The largest absolute Gasteiger partial charge is 0.481 e. The van der Waals surface area contributed by atoms with Gasteiger partial charge in [0.25, 0.3) is 0 Å². The van der Waals surface area contributed by atoms with Crippen molar-refractivity contribution in [2.75, 3.05) is 11.5 Å². The van der Waals surface area contributed by atoms with Crippen molar-refractivity contribution < 1.29 is 39.6 Å². The van der Waals surface area contributed by atoms with Gasteiger partial charge in [0.2, 0.25) is 0 Å². The molecule has 0 aliphatic heterocycles. The molecule has 0 bridgehead atoms. The summed E-state index contributed by atoms with van der Waals surface area (Å²) in [5.74, 6) is -2.02. The van der Waals surface area contributed by atoms with E-state index in [4.69, 9.17) is 20.4 Å². The molecule has 0 aromatic heterocycles. The van der Waals surface area contributed by atoms with Crippen LogP contribution in [-0.4, -0.2) is 55.8 Å². The van der Waals surface area contributed by atoms with Crippen LogP contribution in [-0.2, 0) is 19.2 Å². The standard InChI is InChI=1S/2C14H28O2.C6H10O4S/c2*1-2-3-4-5-6-7-8-9-10-11-12-13-14(15)16;7-5(8)1-3-11-4-2-6(9)10/h2*2-13H2,1H3,(H,15,16);1-4H2,(H,7,8)(H,9,10). The van der Waals surface area contributed by atoms with Gasteiger partial charge >= 0.3 is 23.9 Å². The molecule has 0 aromatic rings. The van der Waals surface area contributed by atoms with Crippen LogP contribution in [0.15, 0.2) is 0 Å². The first-order chi connectivity index (χ1) is 20.7. The Bertz CT molecular complexity index is 576. The van der Waals surface area contributed by atoms with E-state index < -0.39 is 23.9 Å². The predicted molar refractivity (Wildman–Crippen MR) is 179 cm³/mol. The van der Waals surface area contributed by atoms with Crippen molar-refractivity contribution in [2.45, 2.75) is 181 Å². The second-order valence-corrected chi connectivity index (χ2v) is 12.5. The fraction of sp³-hybridized carbons (Fsp3) is 0.882. The van der Waals surface area contributed by atoms with Crippen LogP contribution in [0, 0.1) is 0 Å². The normalized spacial score (nSPS) is 10.3. The summed E-state index contributed by atoms with van der Waals surface area (Å²) in [6.45, 7) is 4.49. The second-order valence-electron chi connectivity index (χ2n) is 11.3. The van der Waals surface area contributed by atoms with Crippen molar-refractivity contribution in [3.05, 3.63) is 0 Å². The molecule has 256 valence electrons. The van der Waals surface area contributed by atoms with Gasteiger partial charge < -0.3 is 20.4 Å². The smallest absolute Gasteiger partial charge is 0.304 e. The third kappa shape index (κ3) is 56.6. The van der Waals surface area contributed by atoms with Crippen LogP contribution in [0.3, 0.4) is 0 Å². The molecule has 0 heterocycles. The number of carbonyl (C=O) groups is 4. The quantitative estimate of drug-likeness (QED) is 0.0566. The van der Waals surface area contributed by atoms with Gasteiger partial charge in [-0.25, -0.2) is 0 Å². The van der Waals surface area contributed by atoms with Gasteiger partial charge in [0.1, 0.15) is 0 Å². The predicted octanol–water partition coefficient (Wildman–Crippen LogP) is 10.2. The summed E-state index contributed by atoms with van der Waals surface area (Å²) in [5.41, 5.74) is 0. The molecule has 0 spiro atoms. The van der Waals surface area contributed by atoms with Gasteiger partial charge in [-0.15, -0.1) is 0 Å². The minimum absolute atomic E-state index is 0.101. The van der Waals surface area contributed by atoms with Crippen LogP contribution in [0.2, 0.25) is 0 Å². The van der Waals surface area contributed by atoms with Crippen LogP contribution in [0.4, 0.5) is 0 Å². The molecule has 4 N–H and O–H groups in total. The molecular formula is C34H66O8S. The number of unbranched alkanes of at least 4 members (excludes halogenated alkanes) is 20. The third-order valence-corrected chi connectivity index (χ3v) is 7.89. The highest BCUT2D eigenvalue weighted by Crippen LogP contribution is 2.13. The van der Waals surface area contributed by atoms with Crippen LogP contribution < -0.4 is 0 Å². The topological polar surface area (TPSA) is 149 Å². The molecule has 0 aliphatic rings. The highest BCUT2D eigenvalue weighted by Gasteiger charge is 2.00. The lowest BCUT2D eigenvalue weighted by Gasteiger charge is -2.01. The molecule has 0 unspecified atom stereocenters. The molecule has 0 amide bonds. The SMILES string of the molecule is CCCCCCCCCCCCCC(=O)O.CCCCCCCCCCCCCC(=O)O.O=C(O)CCSCCC(=O)O. The van der Waals surface area contributed by atoms with Crippen LogP contribution >= 0.6 is 11.8 Å². The summed E-state index contributed by atoms with van der Waals surface area (Å²) in [6.07, 6.45) is 28.9. The maximum atomic E-state index is 10.3. The fourth-order valence-corrected chi connectivity index (χ4v) is 5.14. The lowest BCUT2D eigenvalue weighted by molar-refractivity contribution is -0.138. The summed E-state index contributed by atoms with van der Waals surface area (Å²) in [6, 6.07) is 0. The number of rotatable bonds is 30. The van der Waals surface area contributed by atoms with E-state index >= 15 is 0 Å². The lowest BCUT2D eigenvalue weighted by atomic mass is 10.1. The van der Waals surface area contributed by atoms with Crippen molar-refractivity contribution in [3.8, 4) is 0 Å². The van der Waals surface area contributed by atoms with E-state index in [1.54, 1.807) is 0 Å². The van der Waals surface area contributed by atoms with E-state index in [0.29, 0.717) is 24.3 Å². The zero-order valence-corrected chi connectivity index (χ0v) is 28.4. The Morgan fingerprint density at radius 3 is 0.767 bits per heavy atom. The zero-order valence-electron chi connectivity index (χ0n) is 27.6. The van der Waals surface area contributed by atoms with Crippen LogP contribution in [0.1, 0.15) is 181 Å². The molecule has 0 aromatic carbocycles. The van der Waals surface area contributed by atoms with E-state index in [1.807, 2.05) is 0 Å². The van der Waals surface area contributed by atoms with Crippen LogP contribution in [0.25, 0.3) is 0 Å². The summed E-state index contributed by atoms with van der Waals surface area (Å²) in [5, 5.41) is 33.3. The summed E-state index contributed by atoms with van der Waals surface area (Å²) >= 11 is 1.35. The Labute approximate surface area is 267 Å². The average molecular weight is 635 g/mol. The van der Waals surface area contributed by atoms with Crippen LogP contribution in [0.5, 0.6) is 0 Å². The first kappa shape index (κ1) is 45.7. The Hall–Kier alpha value is -1.77. The maximum absolute atomic E-state index is 10.3. The number of hydrogen-bond acceptors (Lipinski definition) is 5. The third-order valence-electron chi connectivity index (χ3n) is 6.91. The Balaban J connectivity index is -0.000000569. The lowest BCUT2D eigenvalue weighted by Crippen LogP contribution is -1.99. The van der Waals surface area contributed by atoms with E-state index in [-0.39, 0.29) is 12.8 Å². The Kier molecular flexibility index (Phi) is 42.7. The fourth-order valence-electron chi connectivity index (χ4n) is 4.30. The molecule has 43 heavy (non-hydrogen) atoms.